The highest BCUT2D eigenvalue weighted by Gasteiger charge is 2.24. The number of fused-ring (bicyclic) bond motifs is 1. The number of likely N-dealkylation sites (N-methyl/N-ethyl adjacent to an activating group) is 1. The van der Waals surface area contributed by atoms with Crippen molar-refractivity contribution in [3.8, 4) is 11.3 Å². The zero-order valence-corrected chi connectivity index (χ0v) is 20.1. The van der Waals surface area contributed by atoms with Crippen LogP contribution in [0.25, 0.3) is 22.3 Å². The number of nitrogens with zero attached hydrogens (tertiary/aromatic N) is 5. The Morgan fingerprint density at radius 2 is 2.06 bits per heavy atom. The van der Waals surface area contributed by atoms with Crippen molar-refractivity contribution in [2.45, 2.75) is 51.3 Å². The van der Waals surface area contributed by atoms with Crippen LogP contribution in [0, 0.1) is 0 Å². The fraction of sp³-hybridized carbons (Fsp3) is 0.522. The van der Waals surface area contributed by atoms with Crippen LogP contribution in [0.1, 0.15) is 12.8 Å². The van der Waals surface area contributed by atoms with Gasteiger partial charge in [-0.05, 0) is 38.1 Å². The molecule has 0 radical (unpaired) electrons. The average Bonchev–Trinajstić information content (AvgIpc) is 3.15. The lowest BCUT2D eigenvalue weighted by molar-refractivity contribution is 0.0899. The maximum Gasteiger partial charge on any atom is 0.144 e. The van der Waals surface area contributed by atoms with Crippen molar-refractivity contribution >= 4 is 24.8 Å². The number of piperidine rings is 1. The molecule has 3 aromatic heterocycles. The van der Waals surface area contributed by atoms with Crippen LogP contribution in [-0.2, 0) is 11.5 Å². The van der Waals surface area contributed by atoms with Crippen LogP contribution in [-0.4, -0.2) is 60.4 Å². The smallest absolute Gasteiger partial charge is 0.144 e. The zero-order chi connectivity index (χ0) is 21.8. The molecule has 31 heavy (non-hydrogen) atoms. The van der Waals surface area contributed by atoms with Gasteiger partial charge in [0, 0.05) is 58.0 Å². The molecule has 0 aliphatic carbocycles. The molecule has 0 saturated carbocycles. The largest absolute Gasteiger partial charge is 0.369 e. The summed E-state index contributed by atoms with van der Waals surface area (Å²) >= 11 is 0. The Bertz CT molecular complexity index is 1000. The molecule has 166 valence electrons. The summed E-state index contributed by atoms with van der Waals surface area (Å²) in [5, 5.41) is 4.59. The van der Waals surface area contributed by atoms with Gasteiger partial charge < -0.3 is 19.5 Å². The topological polar surface area (TPSA) is 68.1 Å². The summed E-state index contributed by atoms with van der Waals surface area (Å²) in [5.41, 5.74) is 4.17. The zero-order valence-electron chi connectivity index (χ0n) is 19.1. The normalized spacial score (nSPS) is 17.4. The highest BCUT2D eigenvalue weighted by Crippen LogP contribution is 2.36. The van der Waals surface area contributed by atoms with Crippen LogP contribution >= 0.6 is 0 Å². The second kappa shape index (κ2) is 9.46. The first-order valence-corrected chi connectivity index (χ1v) is 14.9. The molecule has 7 nitrogen and oxygen atoms in total. The quantitative estimate of drug-likeness (QED) is 0.424. The summed E-state index contributed by atoms with van der Waals surface area (Å²) in [4.78, 5) is 15.9. The fourth-order valence-corrected chi connectivity index (χ4v) is 4.93. The third-order valence-electron chi connectivity index (χ3n) is 5.99. The molecule has 1 aliphatic rings. The summed E-state index contributed by atoms with van der Waals surface area (Å²) in [5.74, 6) is 0. The highest BCUT2D eigenvalue weighted by molar-refractivity contribution is 6.76. The molecule has 0 unspecified atom stereocenters. The monoisotopic (exact) mass is 438 g/mol. The van der Waals surface area contributed by atoms with Gasteiger partial charge in [0.05, 0.1) is 16.8 Å². The standard InChI is InChI=1S/C23H34N6OSi/c1-24-18-6-5-11-28(14-18)21-8-10-26-23-22(21)19(20-7-9-25-16-27-20)15-29(23)17-30-12-13-31(2,3)4/h7-10,15-16,18,24H,5-6,11-14,17H2,1-4H3/t18-/m0/s1. The van der Waals surface area contributed by atoms with Crippen LogP contribution in [0.3, 0.4) is 0 Å². The van der Waals surface area contributed by atoms with E-state index in [0.717, 1.165) is 48.0 Å². The number of rotatable bonds is 8. The van der Waals surface area contributed by atoms with Gasteiger partial charge in [0.2, 0.25) is 0 Å². The first-order chi connectivity index (χ1) is 15.0. The average molecular weight is 439 g/mol. The molecule has 0 spiro atoms. The minimum Gasteiger partial charge on any atom is -0.369 e. The predicted octanol–water partition coefficient (Wildman–Crippen LogP) is 3.99. The van der Waals surface area contributed by atoms with Crippen LogP contribution in [0.4, 0.5) is 5.69 Å². The molecule has 0 bridgehead atoms. The van der Waals surface area contributed by atoms with Crippen LogP contribution < -0.4 is 10.2 Å². The molecule has 1 N–H and O–H groups in total. The minimum absolute atomic E-state index is 0.502. The third kappa shape index (κ3) is 5.14. The number of hydrogen-bond donors (Lipinski definition) is 1. The Labute approximate surface area is 185 Å². The number of pyridine rings is 1. The molecule has 1 fully saturated rings. The summed E-state index contributed by atoms with van der Waals surface area (Å²) in [6.07, 6.45) is 9.85. The molecule has 8 heteroatoms. The SMILES string of the molecule is CN[C@H]1CCCN(c2ccnc3c2c(-c2ccncn2)cn3COCC[Si](C)(C)C)C1. The van der Waals surface area contributed by atoms with E-state index in [1.165, 1.54) is 18.5 Å². The molecule has 3 aromatic rings. The van der Waals surface area contributed by atoms with Crippen LogP contribution in [0.5, 0.6) is 0 Å². The molecule has 1 saturated heterocycles. The van der Waals surface area contributed by atoms with E-state index in [9.17, 15) is 0 Å². The number of aromatic nitrogens is 4. The molecule has 0 aromatic carbocycles. The van der Waals surface area contributed by atoms with Gasteiger partial charge in [-0.1, -0.05) is 19.6 Å². The van der Waals surface area contributed by atoms with E-state index in [4.69, 9.17) is 9.72 Å². The summed E-state index contributed by atoms with van der Waals surface area (Å²) < 4.78 is 8.20. The number of nitrogens with one attached hydrogen (secondary N) is 1. The lowest BCUT2D eigenvalue weighted by atomic mass is 10.0. The van der Waals surface area contributed by atoms with Gasteiger partial charge in [0.15, 0.2) is 0 Å². The van der Waals surface area contributed by atoms with Gasteiger partial charge in [-0.25, -0.2) is 15.0 Å². The summed E-state index contributed by atoms with van der Waals surface area (Å²) in [6.45, 7) is 10.5. The Morgan fingerprint density at radius 3 is 2.81 bits per heavy atom. The van der Waals surface area contributed by atoms with E-state index in [0.29, 0.717) is 12.8 Å². The number of ether oxygens (including phenoxy) is 1. The van der Waals surface area contributed by atoms with Gasteiger partial charge in [0.1, 0.15) is 18.7 Å². The third-order valence-corrected chi connectivity index (χ3v) is 7.69. The first-order valence-electron chi connectivity index (χ1n) is 11.2. The van der Waals surface area contributed by atoms with Gasteiger partial charge in [-0.15, -0.1) is 0 Å². The van der Waals surface area contributed by atoms with Crippen molar-refractivity contribution in [3.63, 3.8) is 0 Å². The van der Waals surface area contributed by atoms with Gasteiger partial charge in [0.25, 0.3) is 0 Å². The number of hydrogen-bond acceptors (Lipinski definition) is 6. The van der Waals surface area contributed by atoms with Crippen molar-refractivity contribution in [3.05, 3.63) is 37.1 Å². The van der Waals surface area contributed by atoms with E-state index in [1.807, 2.05) is 12.3 Å². The maximum absolute atomic E-state index is 6.07. The van der Waals surface area contributed by atoms with Crippen molar-refractivity contribution < 1.29 is 4.74 Å². The lowest BCUT2D eigenvalue weighted by Gasteiger charge is -2.34. The van der Waals surface area contributed by atoms with E-state index >= 15 is 0 Å². The maximum atomic E-state index is 6.07. The van der Waals surface area contributed by atoms with Crippen molar-refractivity contribution in [2.24, 2.45) is 0 Å². The van der Waals surface area contributed by atoms with Gasteiger partial charge in [-0.3, -0.25) is 0 Å². The Morgan fingerprint density at radius 1 is 1.19 bits per heavy atom. The fourth-order valence-electron chi connectivity index (χ4n) is 4.18. The lowest BCUT2D eigenvalue weighted by Crippen LogP contribution is -2.44. The predicted molar refractivity (Wildman–Crippen MR) is 129 cm³/mol. The van der Waals surface area contributed by atoms with Gasteiger partial charge in [-0.2, -0.15) is 0 Å². The van der Waals surface area contributed by atoms with E-state index in [1.54, 1.807) is 12.5 Å². The summed E-state index contributed by atoms with van der Waals surface area (Å²) in [7, 11) is 0.935. The molecular formula is C23H34N6OSi. The van der Waals surface area contributed by atoms with E-state index in [2.05, 4.69) is 63.7 Å². The number of anilines is 1. The van der Waals surface area contributed by atoms with Gasteiger partial charge >= 0.3 is 0 Å². The van der Waals surface area contributed by atoms with Crippen LogP contribution in [0.2, 0.25) is 25.7 Å². The molecule has 4 rings (SSSR count). The summed E-state index contributed by atoms with van der Waals surface area (Å²) in [6, 6.07) is 5.77. The van der Waals surface area contributed by atoms with Crippen molar-refractivity contribution in [1.82, 2.24) is 24.8 Å². The highest BCUT2D eigenvalue weighted by atomic mass is 28.3. The molecule has 1 atom stereocenters. The second-order valence-corrected chi connectivity index (χ2v) is 15.2. The molecule has 0 amide bonds. The van der Waals surface area contributed by atoms with Crippen LogP contribution in [0.15, 0.2) is 37.1 Å². The minimum atomic E-state index is -1.12. The second-order valence-electron chi connectivity index (χ2n) is 9.56. The molecule has 1 aliphatic heterocycles. The van der Waals surface area contributed by atoms with E-state index < -0.39 is 8.07 Å². The Hall–Kier alpha value is -2.29. The first kappa shape index (κ1) is 21.9. The van der Waals surface area contributed by atoms with E-state index in [-0.39, 0.29) is 0 Å². The van der Waals surface area contributed by atoms with Crippen molar-refractivity contribution in [1.29, 1.82) is 0 Å². The molecular weight excluding hydrogens is 404 g/mol. The Balaban J connectivity index is 1.71. The van der Waals surface area contributed by atoms with Crippen molar-refractivity contribution in [2.75, 3.05) is 31.6 Å². The molecule has 4 heterocycles. The Kier molecular flexibility index (Phi) is 6.69.